The highest BCUT2D eigenvalue weighted by Crippen LogP contribution is 2.35. The molecule has 1 aromatic carbocycles. The normalized spacial score (nSPS) is 13.8. The summed E-state index contributed by atoms with van der Waals surface area (Å²) < 4.78 is 5.32. The van der Waals surface area contributed by atoms with E-state index in [2.05, 4.69) is 0 Å². The highest BCUT2D eigenvalue weighted by atomic mass is 16.4. The summed E-state index contributed by atoms with van der Waals surface area (Å²) in [6, 6.07) is 1.65. The molecule has 1 heterocycles. The van der Waals surface area contributed by atoms with E-state index in [9.17, 15) is 14.7 Å². The van der Waals surface area contributed by atoms with Crippen LogP contribution >= 0.6 is 0 Å². The second-order valence-electron chi connectivity index (χ2n) is 5.03. The molecule has 2 aromatic rings. The molecule has 1 aliphatic rings. The Kier molecular flexibility index (Phi) is 2.49. The van der Waals surface area contributed by atoms with Crippen LogP contribution in [0, 0.1) is 6.92 Å². The van der Waals surface area contributed by atoms with Crippen LogP contribution in [0.25, 0.3) is 11.0 Å². The fourth-order valence-electron chi connectivity index (χ4n) is 2.83. The number of phenols is 1. The topological polar surface area (TPSA) is 67.5 Å². The highest BCUT2D eigenvalue weighted by Gasteiger charge is 2.23. The molecule has 19 heavy (non-hydrogen) atoms. The van der Waals surface area contributed by atoms with Crippen LogP contribution in [0.5, 0.6) is 5.75 Å². The quantitative estimate of drug-likeness (QED) is 0.630. The summed E-state index contributed by atoms with van der Waals surface area (Å²) >= 11 is 0. The van der Waals surface area contributed by atoms with Crippen molar-refractivity contribution in [1.82, 2.24) is 0 Å². The second-order valence-corrected chi connectivity index (χ2v) is 5.03. The van der Waals surface area contributed by atoms with Gasteiger partial charge in [0.25, 0.3) is 0 Å². The van der Waals surface area contributed by atoms with Gasteiger partial charge in [-0.3, -0.25) is 4.79 Å². The summed E-state index contributed by atoms with van der Waals surface area (Å²) in [6.45, 7) is 3.08. The monoisotopic (exact) mass is 258 g/mol. The third kappa shape index (κ3) is 1.59. The molecule has 98 valence electrons. The van der Waals surface area contributed by atoms with E-state index in [1.807, 2.05) is 0 Å². The Morgan fingerprint density at radius 2 is 2.00 bits per heavy atom. The number of Topliss-reactive ketones (excluding diaryl/α,β-unsaturated/α-hetero) is 1. The molecule has 0 saturated heterocycles. The molecule has 0 amide bonds. The van der Waals surface area contributed by atoms with Crippen LogP contribution in [0.4, 0.5) is 0 Å². The molecule has 3 rings (SSSR count). The van der Waals surface area contributed by atoms with E-state index < -0.39 is 0 Å². The van der Waals surface area contributed by atoms with Crippen LogP contribution < -0.4 is 5.63 Å². The number of fused-ring (bicyclic) bond motifs is 3. The number of ketones is 1. The Morgan fingerprint density at radius 1 is 1.32 bits per heavy atom. The van der Waals surface area contributed by atoms with Gasteiger partial charge >= 0.3 is 5.63 Å². The van der Waals surface area contributed by atoms with Crippen LogP contribution in [-0.2, 0) is 12.8 Å². The van der Waals surface area contributed by atoms with Gasteiger partial charge in [0.1, 0.15) is 11.3 Å². The molecule has 0 radical (unpaired) electrons. The van der Waals surface area contributed by atoms with Gasteiger partial charge in [-0.05, 0) is 44.7 Å². The standard InChI is InChI=1S/C15H14O4/c1-7-13(17)11(8(2)16)6-12-9-4-3-5-10(9)15(18)19-14(7)12/h6,17H,3-5H2,1-2H3. The lowest BCUT2D eigenvalue weighted by atomic mass is 9.98. The summed E-state index contributed by atoms with van der Waals surface area (Å²) in [4.78, 5) is 23.5. The first kappa shape index (κ1) is 12.0. The van der Waals surface area contributed by atoms with Gasteiger partial charge in [-0.25, -0.2) is 4.79 Å². The van der Waals surface area contributed by atoms with Crippen molar-refractivity contribution in [2.24, 2.45) is 0 Å². The molecule has 0 saturated carbocycles. The fourth-order valence-corrected chi connectivity index (χ4v) is 2.83. The SMILES string of the molecule is CC(=O)c1cc2c3c(c(=O)oc2c(C)c1O)CCC3. The summed E-state index contributed by atoms with van der Waals surface area (Å²) in [7, 11) is 0. The van der Waals surface area contributed by atoms with Crippen molar-refractivity contribution < 1.29 is 14.3 Å². The zero-order chi connectivity index (χ0) is 13.7. The van der Waals surface area contributed by atoms with Crippen molar-refractivity contribution in [2.45, 2.75) is 33.1 Å². The van der Waals surface area contributed by atoms with Gasteiger partial charge in [-0.2, -0.15) is 0 Å². The lowest BCUT2D eigenvalue weighted by Gasteiger charge is -2.10. The molecule has 1 aliphatic carbocycles. The van der Waals surface area contributed by atoms with Crippen LogP contribution in [0.3, 0.4) is 0 Å². The number of hydrogen-bond acceptors (Lipinski definition) is 4. The predicted octanol–water partition coefficient (Wildman–Crippen LogP) is 2.50. The minimum Gasteiger partial charge on any atom is -0.507 e. The molecule has 1 N–H and O–H groups in total. The Labute approximate surface area is 109 Å². The third-order valence-electron chi connectivity index (χ3n) is 3.85. The maximum atomic E-state index is 11.9. The molecule has 4 nitrogen and oxygen atoms in total. The van der Waals surface area contributed by atoms with Gasteiger partial charge in [0.05, 0.1) is 5.56 Å². The average Bonchev–Trinajstić information content (AvgIpc) is 2.84. The molecule has 0 fully saturated rings. The van der Waals surface area contributed by atoms with E-state index in [1.54, 1.807) is 13.0 Å². The maximum absolute atomic E-state index is 11.9. The Morgan fingerprint density at radius 3 is 2.68 bits per heavy atom. The van der Waals surface area contributed by atoms with Crippen molar-refractivity contribution in [3.8, 4) is 5.75 Å². The minimum absolute atomic E-state index is 0.0962. The van der Waals surface area contributed by atoms with E-state index in [0.717, 1.165) is 30.2 Å². The predicted molar refractivity (Wildman–Crippen MR) is 70.9 cm³/mol. The van der Waals surface area contributed by atoms with Crippen LogP contribution in [0.1, 0.15) is 40.4 Å². The van der Waals surface area contributed by atoms with E-state index in [4.69, 9.17) is 4.42 Å². The highest BCUT2D eigenvalue weighted by molar-refractivity contribution is 6.02. The Bertz CT molecular complexity index is 768. The molecule has 4 heteroatoms. The third-order valence-corrected chi connectivity index (χ3v) is 3.85. The van der Waals surface area contributed by atoms with E-state index in [0.29, 0.717) is 16.7 Å². The summed E-state index contributed by atoms with van der Waals surface area (Å²) in [5, 5.41) is 10.8. The number of carbonyl (C=O) groups excluding carboxylic acids is 1. The van der Waals surface area contributed by atoms with Crippen molar-refractivity contribution in [1.29, 1.82) is 0 Å². The van der Waals surface area contributed by atoms with Gasteiger partial charge < -0.3 is 9.52 Å². The fraction of sp³-hybridized carbons (Fsp3) is 0.333. The van der Waals surface area contributed by atoms with Crippen LogP contribution in [0.2, 0.25) is 0 Å². The number of benzene rings is 1. The van der Waals surface area contributed by atoms with Gasteiger partial charge in [0, 0.05) is 16.5 Å². The molecule has 0 bridgehead atoms. The molecule has 0 atom stereocenters. The van der Waals surface area contributed by atoms with Gasteiger partial charge in [0.15, 0.2) is 5.78 Å². The smallest absolute Gasteiger partial charge is 0.339 e. The summed E-state index contributed by atoms with van der Waals surface area (Å²) in [5.74, 6) is -0.290. The summed E-state index contributed by atoms with van der Waals surface area (Å²) in [5.41, 5.74) is 2.50. The Hall–Kier alpha value is -2.10. The average molecular weight is 258 g/mol. The minimum atomic E-state index is -0.321. The van der Waals surface area contributed by atoms with E-state index in [-0.39, 0.29) is 22.7 Å². The van der Waals surface area contributed by atoms with Crippen LogP contribution in [0.15, 0.2) is 15.3 Å². The molecule has 0 spiro atoms. The number of hydrogen-bond donors (Lipinski definition) is 1. The zero-order valence-corrected chi connectivity index (χ0v) is 10.9. The Balaban J connectivity index is 2.51. The number of aromatic hydroxyl groups is 1. The second kappa shape index (κ2) is 3.95. The lowest BCUT2D eigenvalue weighted by molar-refractivity contribution is 0.101. The lowest BCUT2D eigenvalue weighted by Crippen LogP contribution is -2.08. The van der Waals surface area contributed by atoms with Crippen molar-refractivity contribution >= 4 is 16.8 Å². The first-order valence-corrected chi connectivity index (χ1v) is 6.32. The molecule has 0 unspecified atom stereocenters. The van der Waals surface area contributed by atoms with E-state index >= 15 is 0 Å². The van der Waals surface area contributed by atoms with E-state index in [1.165, 1.54) is 6.92 Å². The molecular weight excluding hydrogens is 244 g/mol. The van der Waals surface area contributed by atoms with Crippen LogP contribution in [-0.4, -0.2) is 10.9 Å². The first-order chi connectivity index (χ1) is 9.00. The maximum Gasteiger partial charge on any atom is 0.339 e. The molecule has 0 aliphatic heterocycles. The zero-order valence-electron chi connectivity index (χ0n) is 10.9. The van der Waals surface area contributed by atoms with Gasteiger partial charge in [0.2, 0.25) is 0 Å². The van der Waals surface area contributed by atoms with Gasteiger partial charge in [-0.1, -0.05) is 0 Å². The largest absolute Gasteiger partial charge is 0.507 e. The molecule has 1 aromatic heterocycles. The number of aryl methyl sites for hydroxylation is 2. The molecular formula is C15H14O4. The number of phenolic OH excluding ortho intramolecular Hbond substituents is 1. The van der Waals surface area contributed by atoms with Crippen molar-refractivity contribution in [3.05, 3.63) is 38.7 Å². The van der Waals surface area contributed by atoms with Gasteiger partial charge in [-0.15, -0.1) is 0 Å². The summed E-state index contributed by atoms with van der Waals surface area (Å²) in [6.07, 6.45) is 2.47. The van der Waals surface area contributed by atoms with Crippen molar-refractivity contribution in [3.63, 3.8) is 0 Å². The number of rotatable bonds is 1. The number of carbonyl (C=O) groups is 1. The van der Waals surface area contributed by atoms with Crippen molar-refractivity contribution in [2.75, 3.05) is 0 Å². The first-order valence-electron chi connectivity index (χ1n) is 6.32.